The summed E-state index contributed by atoms with van der Waals surface area (Å²) >= 11 is 0. The molecule has 0 atom stereocenters. The van der Waals surface area contributed by atoms with E-state index in [2.05, 4.69) is 49.3 Å². The molecular weight excluding hydrogens is 196 g/mol. The zero-order valence-corrected chi connectivity index (χ0v) is 10.2. The van der Waals surface area contributed by atoms with Crippen molar-refractivity contribution in [2.75, 3.05) is 11.9 Å². The van der Waals surface area contributed by atoms with Crippen LogP contribution in [0.15, 0.2) is 24.3 Å². The molecule has 84 valence electrons. The lowest BCUT2D eigenvalue weighted by molar-refractivity contribution is 0.971. The van der Waals surface area contributed by atoms with Crippen molar-refractivity contribution < 1.29 is 0 Å². The van der Waals surface area contributed by atoms with Crippen LogP contribution in [0.3, 0.4) is 0 Å². The number of nitrogens with one attached hydrogen (secondary N) is 1. The summed E-state index contributed by atoms with van der Waals surface area (Å²) in [5.41, 5.74) is 3.69. The van der Waals surface area contributed by atoms with Gasteiger partial charge in [-0.15, -0.1) is 0 Å². The van der Waals surface area contributed by atoms with Crippen LogP contribution < -0.4 is 5.32 Å². The van der Waals surface area contributed by atoms with Crippen molar-refractivity contribution in [3.8, 4) is 0 Å². The summed E-state index contributed by atoms with van der Waals surface area (Å²) < 4.78 is 0. The van der Waals surface area contributed by atoms with Crippen molar-refractivity contribution in [1.82, 2.24) is 4.98 Å². The highest BCUT2D eigenvalue weighted by molar-refractivity contribution is 5.84. The molecule has 16 heavy (non-hydrogen) atoms. The molecule has 2 heteroatoms. The number of pyridine rings is 1. The number of benzene rings is 1. The molecule has 1 aromatic carbocycles. The Hall–Kier alpha value is -1.57. The van der Waals surface area contributed by atoms with Gasteiger partial charge < -0.3 is 5.32 Å². The van der Waals surface area contributed by atoms with E-state index < -0.39 is 0 Å². The first kappa shape index (κ1) is 10.9. The number of aromatic nitrogens is 1. The highest BCUT2D eigenvalue weighted by Gasteiger charge is 2.02. The van der Waals surface area contributed by atoms with Crippen LogP contribution in [0.25, 0.3) is 10.9 Å². The van der Waals surface area contributed by atoms with E-state index in [0.29, 0.717) is 0 Å². The summed E-state index contributed by atoms with van der Waals surface area (Å²) in [6.07, 6.45) is 1.12. The molecule has 1 heterocycles. The Kier molecular flexibility index (Phi) is 3.09. The average molecular weight is 214 g/mol. The SMILES string of the molecule is CCCNc1ccc2ccc(C)c(C)c2n1. The van der Waals surface area contributed by atoms with Crippen LogP contribution in [0.5, 0.6) is 0 Å². The molecule has 0 unspecified atom stereocenters. The molecule has 2 rings (SSSR count). The molecule has 0 saturated carbocycles. The Labute approximate surface area is 96.7 Å². The molecule has 1 N–H and O–H groups in total. The van der Waals surface area contributed by atoms with Gasteiger partial charge in [0.25, 0.3) is 0 Å². The molecule has 2 nitrogen and oxygen atoms in total. The van der Waals surface area contributed by atoms with Crippen molar-refractivity contribution in [3.05, 3.63) is 35.4 Å². The summed E-state index contributed by atoms with van der Waals surface area (Å²) in [7, 11) is 0. The summed E-state index contributed by atoms with van der Waals surface area (Å²) in [5.74, 6) is 0.975. The van der Waals surface area contributed by atoms with E-state index in [0.717, 1.165) is 24.3 Å². The number of hydrogen-bond acceptors (Lipinski definition) is 2. The van der Waals surface area contributed by atoms with Gasteiger partial charge in [0, 0.05) is 11.9 Å². The Morgan fingerprint density at radius 1 is 1.12 bits per heavy atom. The molecule has 0 amide bonds. The minimum Gasteiger partial charge on any atom is -0.370 e. The highest BCUT2D eigenvalue weighted by Crippen LogP contribution is 2.21. The van der Waals surface area contributed by atoms with E-state index in [1.165, 1.54) is 16.5 Å². The Bertz CT molecular complexity index is 503. The van der Waals surface area contributed by atoms with Crippen LogP contribution in [0.1, 0.15) is 24.5 Å². The first-order valence-corrected chi connectivity index (χ1v) is 5.83. The van der Waals surface area contributed by atoms with Crippen molar-refractivity contribution >= 4 is 16.7 Å². The van der Waals surface area contributed by atoms with Crippen LogP contribution in [-0.2, 0) is 0 Å². The third-order valence-corrected chi connectivity index (χ3v) is 2.94. The van der Waals surface area contributed by atoms with Gasteiger partial charge in [0.1, 0.15) is 5.82 Å². The van der Waals surface area contributed by atoms with Crippen LogP contribution >= 0.6 is 0 Å². The van der Waals surface area contributed by atoms with Gasteiger partial charge in [0.05, 0.1) is 5.52 Å². The van der Waals surface area contributed by atoms with E-state index >= 15 is 0 Å². The van der Waals surface area contributed by atoms with E-state index in [1.807, 2.05) is 6.07 Å². The second-order valence-electron chi connectivity index (χ2n) is 4.20. The lowest BCUT2D eigenvalue weighted by Gasteiger charge is -2.08. The molecule has 0 saturated heterocycles. The van der Waals surface area contributed by atoms with Crippen molar-refractivity contribution in [2.24, 2.45) is 0 Å². The van der Waals surface area contributed by atoms with Crippen molar-refractivity contribution in [1.29, 1.82) is 0 Å². The van der Waals surface area contributed by atoms with Crippen LogP contribution in [-0.4, -0.2) is 11.5 Å². The molecule has 0 radical (unpaired) electrons. The predicted molar refractivity (Wildman–Crippen MR) is 70.0 cm³/mol. The lowest BCUT2D eigenvalue weighted by atomic mass is 10.1. The number of hydrogen-bond donors (Lipinski definition) is 1. The molecule has 0 fully saturated rings. The largest absolute Gasteiger partial charge is 0.370 e. The lowest BCUT2D eigenvalue weighted by Crippen LogP contribution is -2.02. The minimum absolute atomic E-state index is 0.975. The number of nitrogens with zero attached hydrogens (tertiary/aromatic N) is 1. The van der Waals surface area contributed by atoms with Gasteiger partial charge in [-0.05, 0) is 43.5 Å². The maximum absolute atomic E-state index is 4.66. The summed E-state index contributed by atoms with van der Waals surface area (Å²) in [6.45, 7) is 7.39. The van der Waals surface area contributed by atoms with E-state index in [-0.39, 0.29) is 0 Å². The standard InChI is InChI=1S/C14H18N2/c1-4-9-15-13-8-7-12-6-5-10(2)11(3)14(12)16-13/h5-8H,4,9H2,1-3H3,(H,15,16). The smallest absolute Gasteiger partial charge is 0.126 e. The van der Waals surface area contributed by atoms with E-state index in [9.17, 15) is 0 Å². The first-order valence-electron chi connectivity index (χ1n) is 5.83. The molecule has 0 spiro atoms. The maximum Gasteiger partial charge on any atom is 0.126 e. The van der Waals surface area contributed by atoms with Gasteiger partial charge in [-0.25, -0.2) is 4.98 Å². The highest BCUT2D eigenvalue weighted by atomic mass is 15.0. The number of rotatable bonds is 3. The van der Waals surface area contributed by atoms with Gasteiger partial charge >= 0.3 is 0 Å². The van der Waals surface area contributed by atoms with Crippen molar-refractivity contribution in [2.45, 2.75) is 27.2 Å². The third kappa shape index (κ3) is 2.01. The fourth-order valence-corrected chi connectivity index (χ4v) is 1.78. The number of fused-ring (bicyclic) bond motifs is 1. The average Bonchev–Trinajstić information content (AvgIpc) is 2.31. The summed E-state index contributed by atoms with van der Waals surface area (Å²) in [6, 6.07) is 8.46. The van der Waals surface area contributed by atoms with Gasteiger partial charge in [0.15, 0.2) is 0 Å². The maximum atomic E-state index is 4.66. The Morgan fingerprint density at radius 2 is 1.88 bits per heavy atom. The van der Waals surface area contributed by atoms with E-state index in [1.54, 1.807) is 0 Å². The fraction of sp³-hybridized carbons (Fsp3) is 0.357. The Balaban J connectivity index is 2.47. The molecule has 0 aliphatic heterocycles. The van der Waals surface area contributed by atoms with Gasteiger partial charge in [0.2, 0.25) is 0 Å². The molecule has 0 bridgehead atoms. The molecule has 0 aliphatic rings. The molecule has 2 aromatic rings. The molecule has 1 aromatic heterocycles. The van der Waals surface area contributed by atoms with Crippen LogP contribution in [0.2, 0.25) is 0 Å². The predicted octanol–water partition coefficient (Wildman–Crippen LogP) is 3.67. The van der Waals surface area contributed by atoms with Crippen LogP contribution in [0.4, 0.5) is 5.82 Å². The Morgan fingerprint density at radius 3 is 2.62 bits per heavy atom. The summed E-state index contributed by atoms with van der Waals surface area (Å²) in [5, 5.41) is 4.54. The second-order valence-corrected chi connectivity index (χ2v) is 4.20. The third-order valence-electron chi connectivity index (χ3n) is 2.94. The quantitative estimate of drug-likeness (QED) is 0.843. The topological polar surface area (TPSA) is 24.9 Å². The molecule has 0 aliphatic carbocycles. The van der Waals surface area contributed by atoms with Gasteiger partial charge in [-0.1, -0.05) is 19.1 Å². The fourth-order valence-electron chi connectivity index (χ4n) is 1.78. The zero-order chi connectivity index (χ0) is 11.5. The van der Waals surface area contributed by atoms with Crippen LogP contribution in [0, 0.1) is 13.8 Å². The monoisotopic (exact) mass is 214 g/mol. The summed E-state index contributed by atoms with van der Waals surface area (Å²) in [4.78, 5) is 4.66. The zero-order valence-electron chi connectivity index (χ0n) is 10.2. The molecular formula is C14H18N2. The normalized spacial score (nSPS) is 10.7. The number of anilines is 1. The van der Waals surface area contributed by atoms with E-state index in [4.69, 9.17) is 0 Å². The second kappa shape index (κ2) is 4.52. The van der Waals surface area contributed by atoms with Gasteiger partial charge in [-0.3, -0.25) is 0 Å². The first-order chi connectivity index (χ1) is 7.72. The number of aryl methyl sites for hydroxylation is 2. The van der Waals surface area contributed by atoms with Gasteiger partial charge in [-0.2, -0.15) is 0 Å². The van der Waals surface area contributed by atoms with Crippen molar-refractivity contribution in [3.63, 3.8) is 0 Å². The minimum atomic E-state index is 0.975.